The van der Waals surface area contributed by atoms with E-state index in [1.54, 1.807) is 31.2 Å². The molecule has 0 radical (unpaired) electrons. The summed E-state index contributed by atoms with van der Waals surface area (Å²) in [5.74, 6) is 0.613. The Kier molecular flexibility index (Phi) is 5.59. The summed E-state index contributed by atoms with van der Waals surface area (Å²) in [6.45, 7) is 1.81. The number of para-hydroxylation sites is 1. The van der Waals surface area contributed by atoms with Crippen molar-refractivity contribution in [3.63, 3.8) is 0 Å². The van der Waals surface area contributed by atoms with Gasteiger partial charge in [0.25, 0.3) is 5.91 Å². The predicted molar refractivity (Wildman–Crippen MR) is 80.1 cm³/mol. The van der Waals surface area contributed by atoms with Gasteiger partial charge in [0.15, 0.2) is 6.10 Å². The average molecular weight is 302 g/mol. The average Bonchev–Trinajstić information content (AvgIpc) is 3.05. The molecule has 2 N–H and O–H groups in total. The van der Waals surface area contributed by atoms with Crippen molar-refractivity contribution >= 4 is 11.8 Å². The third-order valence-corrected chi connectivity index (χ3v) is 2.89. The number of carbonyl (C=O) groups is 2. The Morgan fingerprint density at radius 2 is 1.91 bits per heavy atom. The summed E-state index contributed by atoms with van der Waals surface area (Å²) >= 11 is 0. The normalized spacial score (nSPS) is 11.5. The van der Waals surface area contributed by atoms with Gasteiger partial charge in [-0.25, -0.2) is 0 Å². The molecule has 6 nitrogen and oxygen atoms in total. The number of hydrogen-bond acceptors (Lipinski definition) is 4. The second-order valence-corrected chi connectivity index (χ2v) is 4.65. The maximum Gasteiger partial charge on any atom is 0.261 e. The summed E-state index contributed by atoms with van der Waals surface area (Å²) in [6, 6.07) is 12.5. The fourth-order valence-electron chi connectivity index (χ4n) is 1.73. The van der Waals surface area contributed by atoms with Gasteiger partial charge in [0, 0.05) is 0 Å². The first-order valence-corrected chi connectivity index (χ1v) is 6.93. The molecule has 0 fully saturated rings. The molecular formula is C16H18N2O4. The Balaban J connectivity index is 1.69. The molecule has 0 aliphatic rings. The van der Waals surface area contributed by atoms with Gasteiger partial charge in [0.1, 0.15) is 11.5 Å². The van der Waals surface area contributed by atoms with Crippen LogP contribution in [0.15, 0.2) is 53.1 Å². The molecule has 1 unspecified atom stereocenters. The molecule has 1 aromatic heterocycles. The van der Waals surface area contributed by atoms with E-state index in [9.17, 15) is 9.59 Å². The van der Waals surface area contributed by atoms with Crippen molar-refractivity contribution in [3.05, 3.63) is 54.5 Å². The first-order chi connectivity index (χ1) is 10.6. The molecule has 1 atom stereocenters. The Labute approximate surface area is 128 Å². The SMILES string of the molecule is CC(Oc1ccccc1)C(=O)NCC(=O)NCc1ccco1. The van der Waals surface area contributed by atoms with Crippen LogP contribution in [0, 0.1) is 0 Å². The quantitative estimate of drug-likeness (QED) is 0.812. The van der Waals surface area contributed by atoms with Gasteiger partial charge in [0.2, 0.25) is 5.91 Å². The summed E-state index contributed by atoms with van der Waals surface area (Å²) in [5.41, 5.74) is 0. The summed E-state index contributed by atoms with van der Waals surface area (Å²) in [5, 5.41) is 5.17. The van der Waals surface area contributed by atoms with Gasteiger partial charge < -0.3 is 19.8 Å². The zero-order chi connectivity index (χ0) is 15.8. The van der Waals surface area contributed by atoms with Gasteiger partial charge in [-0.3, -0.25) is 9.59 Å². The van der Waals surface area contributed by atoms with Crippen LogP contribution in [0.2, 0.25) is 0 Å². The van der Waals surface area contributed by atoms with Crippen LogP contribution in [-0.2, 0) is 16.1 Å². The lowest BCUT2D eigenvalue weighted by Gasteiger charge is -2.14. The van der Waals surface area contributed by atoms with Crippen molar-refractivity contribution < 1.29 is 18.7 Å². The highest BCUT2D eigenvalue weighted by Gasteiger charge is 2.15. The number of benzene rings is 1. The molecule has 0 bridgehead atoms. The highest BCUT2D eigenvalue weighted by Crippen LogP contribution is 2.10. The number of nitrogens with one attached hydrogen (secondary N) is 2. The molecular weight excluding hydrogens is 284 g/mol. The van der Waals surface area contributed by atoms with Crippen molar-refractivity contribution in [2.24, 2.45) is 0 Å². The van der Waals surface area contributed by atoms with Crippen LogP contribution in [0.4, 0.5) is 0 Å². The zero-order valence-corrected chi connectivity index (χ0v) is 12.2. The minimum atomic E-state index is -0.680. The molecule has 0 spiro atoms. The molecule has 22 heavy (non-hydrogen) atoms. The largest absolute Gasteiger partial charge is 0.481 e. The number of rotatable bonds is 7. The van der Waals surface area contributed by atoms with Crippen molar-refractivity contribution in [2.45, 2.75) is 19.6 Å². The highest BCUT2D eigenvalue weighted by atomic mass is 16.5. The van der Waals surface area contributed by atoms with E-state index in [1.165, 1.54) is 6.26 Å². The molecule has 0 aliphatic heterocycles. The Bertz CT molecular complexity index is 596. The van der Waals surface area contributed by atoms with Gasteiger partial charge in [-0.05, 0) is 31.2 Å². The van der Waals surface area contributed by atoms with Crippen molar-refractivity contribution in [3.8, 4) is 5.75 Å². The van der Waals surface area contributed by atoms with Crippen LogP contribution in [0.5, 0.6) is 5.75 Å². The monoisotopic (exact) mass is 302 g/mol. The smallest absolute Gasteiger partial charge is 0.261 e. The van der Waals surface area contributed by atoms with Crippen molar-refractivity contribution in [2.75, 3.05) is 6.54 Å². The standard InChI is InChI=1S/C16H18N2O4/c1-12(22-13-6-3-2-4-7-13)16(20)18-11-15(19)17-10-14-8-5-9-21-14/h2-9,12H,10-11H2,1H3,(H,17,19)(H,18,20). The summed E-state index contributed by atoms with van der Waals surface area (Å²) in [6.07, 6.45) is 0.853. The molecule has 0 saturated carbocycles. The summed E-state index contributed by atoms with van der Waals surface area (Å²) in [4.78, 5) is 23.5. The minimum Gasteiger partial charge on any atom is -0.481 e. The Morgan fingerprint density at radius 1 is 1.14 bits per heavy atom. The van der Waals surface area contributed by atoms with Gasteiger partial charge in [-0.1, -0.05) is 18.2 Å². The fraction of sp³-hybridized carbons (Fsp3) is 0.250. The third-order valence-electron chi connectivity index (χ3n) is 2.89. The number of carbonyl (C=O) groups excluding carboxylic acids is 2. The lowest BCUT2D eigenvalue weighted by Crippen LogP contribution is -2.42. The number of hydrogen-bond donors (Lipinski definition) is 2. The van der Waals surface area contributed by atoms with Crippen LogP contribution in [-0.4, -0.2) is 24.5 Å². The first kappa shape index (κ1) is 15.6. The molecule has 2 amide bonds. The number of furan rings is 1. The van der Waals surface area contributed by atoms with E-state index < -0.39 is 6.10 Å². The first-order valence-electron chi connectivity index (χ1n) is 6.93. The van der Waals surface area contributed by atoms with Crippen molar-refractivity contribution in [1.82, 2.24) is 10.6 Å². The maximum absolute atomic E-state index is 11.9. The molecule has 1 heterocycles. The highest BCUT2D eigenvalue weighted by molar-refractivity contribution is 5.86. The Hall–Kier alpha value is -2.76. The minimum absolute atomic E-state index is 0.109. The van der Waals surface area contributed by atoms with Gasteiger partial charge in [-0.2, -0.15) is 0 Å². The van der Waals surface area contributed by atoms with Gasteiger partial charge in [0.05, 0.1) is 19.4 Å². The Morgan fingerprint density at radius 3 is 2.59 bits per heavy atom. The second-order valence-electron chi connectivity index (χ2n) is 4.65. The van der Waals surface area contributed by atoms with E-state index in [0.29, 0.717) is 11.5 Å². The molecule has 1 aromatic carbocycles. The van der Waals surface area contributed by atoms with E-state index in [4.69, 9.17) is 9.15 Å². The third kappa shape index (κ3) is 4.97. The molecule has 116 valence electrons. The maximum atomic E-state index is 11.9. The van der Waals surface area contributed by atoms with E-state index in [-0.39, 0.29) is 24.9 Å². The van der Waals surface area contributed by atoms with Crippen LogP contribution in [0.1, 0.15) is 12.7 Å². The molecule has 0 saturated heterocycles. The van der Waals surface area contributed by atoms with Crippen molar-refractivity contribution in [1.29, 1.82) is 0 Å². The topological polar surface area (TPSA) is 80.6 Å². The van der Waals surface area contributed by atoms with Crippen LogP contribution >= 0.6 is 0 Å². The second kappa shape index (κ2) is 7.87. The zero-order valence-electron chi connectivity index (χ0n) is 12.2. The fourth-order valence-corrected chi connectivity index (χ4v) is 1.73. The van der Waals surface area contributed by atoms with Crippen LogP contribution in [0.3, 0.4) is 0 Å². The summed E-state index contributed by atoms with van der Waals surface area (Å²) in [7, 11) is 0. The molecule has 0 aliphatic carbocycles. The van der Waals surface area contributed by atoms with E-state index in [0.717, 1.165) is 0 Å². The van der Waals surface area contributed by atoms with Gasteiger partial charge >= 0.3 is 0 Å². The van der Waals surface area contributed by atoms with Gasteiger partial charge in [-0.15, -0.1) is 0 Å². The summed E-state index contributed by atoms with van der Waals surface area (Å²) < 4.78 is 10.6. The molecule has 2 rings (SSSR count). The van der Waals surface area contributed by atoms with Crippen LogP contribution in [0.25, 0.3) is 0 Å². The number of ether oxygens (including phenoxy) is 1. The predicted octanol–water partition coefficient (Wildman–Crippen LogP) is 1.48. The molecule has 6 heteroatoms. The van der Waals surface area contributed by atoms with E-state index in [1.807, 2.05) is 18.2 Å². The lowest BCUT2D eigenvalue weighted by atomic mass is 10.3. The lowest BCUT2D eigenvalue weighted by molar-refractivity contribution is -0.130. The number of amides is 2. The van der Waals surface area contributed by atoms with E-state index in [2.05, 4.69) is 10.6 Å². The van der Waals surface area contributed by atoms with E-state index >= 15 is 0 Å². The molecule has 2 aromatic rings. The van der Waals surface area contributed by atoms with Crippen LogP contribution < -0.4 is 15.4 Å².